The molecule has 1 fully saturated rings. The first-order valence-corrected chi connectivity index (χ1v) is 8.21. The van der Waals surface area contributed by atoms with Gasteiger partial charge in [0.2, 0.25) is 0 Å². The molecule has 2 aromatic rings. The molecule has 2 aromatic carbocycles. The van der Waals surface area contributed by atoms with Gasteiger partial charge >= 0.3 is 0 Å². The lowest BCUT2D eigenvalue weighted by molar-refractivity contribution is 0.0952. The van der Waals surface area contributed by atoms with E-state index in [0.717, 1.165) is 37.6 Å². The molecule has 0 unspecified atom stereocenters. The number of phenols is 1. The van der Waals surface area contributed by atoms with Gasteiger partial charge in [-0.3, -0.25) is 4.79 Å². The number of aromatic hydroxyl groups is 1. The molecule has 25 heavy (non-hydrogen) atoms. The molecular formula is C19H21N3O3. The van der Waals surface area contributed by atoms with Crippen LogP contribution < -0.4 is 10.3 Å². The number of ether oxygens (including phenoxy) is 1. The Labute approximate surface area is 146 Å². The minimum absolute atomic E-state index is 0.0669. The van der Waals surface area contributed by atoms with E-state index in [-0.39, 0.29) is 11.3 Å². The number of anilines is 1. The number of amides is 1. The average Bonchev–Trinajstić information content (AvgIpc) is 2.67. The average molecular weight is 339 g/mol. The van der Waals surface area contributed by atoms with E-state index in [0.29, 0.717) is 5.71 Å². The first-order valence-electron chi connectivity index (χ1n) is 8.21. The fourth-order valence-corrected chi connectivity index (χ4v) is 2.66. The number of phenolic OH excluding ortho intramolecular Hbond substituents is 1. The highest BCUT2D eigenvalue weighted by molar-refractivity contribution is 6.01. The van der Waals surface area contributed by atoms with Crippen LogP contribution in [-0.4, -0.2) is 43.0 Å². The van der Waals surface area contributed by atoms with Crippen LogP contribution in [0.3, 0.4) is 0 Å². The molecule has 3 rings (SSSR count). The van der Waals surface area contributed by atoms with Crippen LogP contribution in [0.2, 0.25) is 0 Å². The van der Waals surface area contributed by atoms with Gasteiger partial charge in [-0.1, -0.05) is 24.3 Å². The molecule has 130 valence electrons. The molecule has 1 heterocycles. The summed E-state index contributed by atoms with van der Waals surface area (Å²) in [6.07, 6.45) is 0. The highest BCUT2D eigenvalue weighted by Gasteiger charge is 2.12. The van der Waals surface area contributed by atoms with Crippen molar-refractivity contribution in [3.05, 3.63) is 59.7 Å². The van der Waals surface area contributed by atoms with Crippen molar-refractivity contribution in [1.29, 1.82) is 0 Å². The summed E-state index contributed by atoms with van der Waals surface area (Å²) in [5.74, 6) is -0.509. The van der Waals surface area contributed by atoms with Gasteiger partial charge in [0.1, 0.15) is 5.75 Å². The summed E-state index contributed by atoms with van der Waals surface area (Å²) in [6.45, 7) is 5.11. The molecule has 6 heteroatoms. The van der Waals surface area contributed by atoms with Crippen LogP contribution in [0.1, 0.15) is 22.8 Å². The zero-order valence-corrected chi connectivity index (χ0v) is 14.1. The molecule has 1 aliphatic rings. The second-order valence-electron chi connectivity index (χ2n) is 5.80. The van der Waals surface area contributed by atoms with Crippen molar-refractivity contribution in [3.63, 3.8) is 0 Å². The summed E-state index contributed by atoms with van der Waals surface area (Å²) >= 11 is 0. The van der Waals surface area contributed by atoms with Crippen LogP contribution in [0.25, 0.3) is 0 Å². The van der Waals surface area contributed by atoms with Crippen LogP contribution in [0, 0.1) is 0 Å². The van der Waals surface area contributed by atoms with Crippen molar-refractivity contribution in [2.45, 2.75) is 6.92 Å². The number of hydrazone groups is 1. The molecule has 0 radical (unpaired) electrons. The van der Waals surface area contributed by atoms with E-state index >= 15 is 0 Å². The Kier molecular flexibility index (Phi) is 5.30. The number of carbonyl (C=O) groups excluding carboxylic acids is 1. The molecule has 1 aliphatic heterocycles. The van der Waals surface area contributed by atoms with Gasteiger partial charge in [0.15, 0.2) is 0 Å². The molecule has 1 amide bonds. The Balaban J connectivity index is 1.66. The van der Waals surface area contributed by atoms with Crippen LogP contribution in [-0.2, 0) is 4.74 Å². The van der Waals surface area contributed by atoms with Gasteiger partial charge in [0.05, 0.1) is 24.5 Å². The Morgan fingerprint density at radius 2 is 1.80 bits per heavy atom. The monoisotopic (exact) mass is 339 g/mol. The standard InChI is InChI=1S/C19H21N3O3/c1-14(20-21-19(24)17-4-2-3-5-18(17)23)15-6-8-16(9-7-15)22-10-12-25-13-11-22/h2-9,23H,10-13H2,1H3,(H,21,24)/b20-14+. The summed E-state index contributed by atoms with van der Waals surface area (Å²) in [5, 5.41) is 13.8. The SMILES string of the molecule is C/C(=N\NC(=O)c1ccccc1O)c1ccc(N2CCOCC2)cc1. The van der Waals surface area contributed by atoms with Gasteiger partial charge in [-0.25, -0.2) is 5.43 Å². The fraction of sp³-hybridized carbons (Fsp3) is 0.263. The number of para-hydroxylation sites is 1. The summed E-state index contributed by atoms with van der Waals surface area (Å²) in [5.41, 5.74) is 5.44. The van der Waals surface area contributed by atoms with Crippen molar-refractivity contribution in [2.24, 2.45) is 5.10 Å². The first-order chi connectivity index (χ1) is 12.1. The summed E-state index contributed by atoms with van der Waals surface area (Å²) in [4.78, 5) is 14.3. The van der Waals surface area contributed by atoms with E-state index in [2.05, 4.69) is 15.4 Å². The number of hydrogen-bond donors (Lipinski definition) is 2. The van der Waals surface area contributed by atoms with Gasteiger partial charge < -0.3 is 14.7 Å². The second-order valence-corrected chi connectivity index (χ2v) is 5.80. The molecule has 0 atom stereocenters. The van der Waals surface area contributed by atoms with Crippen LogP contribution in [0.15, 0.2) is 53.6 Å². The predicted molar refractivity (Wildman–Crippen MR) is 97.3 cm³/mol. The fourth-order valence-electron chi connectivity index (χ4n) is 2.66. The Bertz CT molecular complexity index is 766. The molecule has 0 saturated carbocycles. The normalized spacial score (nSPS) is 15.1. The van der Waals surface area contributed by atoms with Crippen LogP contribution in [0.5, 0.6) is 5.75 Å². The third kappa shape index (κ3) is 4.16. The second kappa shape index (κ2) is 7.81. The molecule has 0 aliphatic carbocycles. The lowest BCUT2D eigenvalue weighted by Gasteiger charge is -2.28. The number of carbonyl (C=O) groups is 1. The van der Waals surface area contributed by atoms with E-state index < -0.39 is 5.91 Å². The zero-order chi connectivity index (χ0) is 17.6. The minimum atomic E-state index is -0.442. The topological polar surface area (TPSA) is 74.2 Å². The number of nitrogens with zero attached hydrogens (tertiary/aromatic N) is 2. The maximum Gasteiger partial charge on any atom is 0.275 e. The molecular weight excluding hydrogens is 318 g/mol. The maximum absolute atomic E-state index is 12.1. The summed E-state index contributed by atoms with van der Waals surface area (Å²) < 4.78 is 5.36. The molecule has 1 saturated heterocycles. The van der Waals surface area contributed by atoms with Gasteiger partial charge in [0, 0.05) is 18.8 Å². The van der Waals surface area contributed by atoms with Gasteiger partial charge in [-0.2, -0.15) is 5.10 Å². The zero-order valence-electron chi connectivity index (χ0n) is 14.1. The van der Waals surface area contributed by atoms with Crippen molar-refractivity contribution >= 4 is 17.3 Å². The van der Waals surface area contributed by atoms with Crippen molar-refractivity contribution in [2.75, 3.05) is 31.2 Å². The van der Waals surface area contributed by atoms with E-state index in [9.17, 15) is 9.90 Å². The minimum Gasteiger partial charge on any atom is -0.507 e. The number of hydrogen-bond acceptors (Lipinski definition) is 5. The predicted octanol–water partition coefficient (Wildman–Crippen LogP) is 2.38. The molecule has 6 nitrogen and oxygen atoms in total. The third-order valence-electron chi connectivity index (χ3n) is 4.14. The van der Waals surface area contributed by atoms with Crippen LogP contribution in [0.4, 0.5) is 5.69 Å². The Hall–Kier alpha value is -2.86. The molecule has 2 N–H and O–H groups in total. The number of morpholine rings is 1. The van der Waals surface area contributed by atoms with Crippen molar-refractivity contribution in [3.8, 4) is 5.75 Å². The lowest BCUT2D eigenvalue weighted by atomic mass is 10.1. The Morgan fingerprint density at radius 3 is 2.48 bits per heavy atom. The summed E-state index contributed by atoms with van der Waals surface area (Å²) in [7, 11) is 0. The van der Waals surface area contributed by atoms with Gasteiger partial charge in [-0.05, 0) is 36.8 Å². The van der Waals surface area contributed by atoms with E-state index in [1.165, 1.54) is 6.07 Å². The van der Waals surface area contributed by atoms with Crippen molar-refractivity contribution < 1.29 is 14.6 Å². The first kappa shape index (κ1) is 17.0. The van der Waals surface area contributed by atoms with E-state index in [1.807, 2.05) is 31.2 Å². The number of benzene rings is 2. The number of nitrogens with one attached hydrogen (secondary N) is 1. The maximum atomic E-state index is 12.1. The van der Waals surface area contributed by atoms with E-state index in [4.69, 9.17) is 4.74 Å². The smallest absolute Gasteiger partial charge is 0.275 e. The Morgan fingerprint density at radius 1 is 1.12 bits per heavy atom. The van der Waals surface area contributed by atoms with E-state index in [1.54, 1.807) is 18.2 Å². The third-order valence-corrected chi connectivity index (χ3v) is 4.14. The molecule has 0 spiro atoms. The van der Waals surface area contributed by atoms with Gasteiger partial charge in [0.25, 0.3) is 5.91 Å². The molecule has 0 aromatic heterocycles. The summed E-state index contributed by atoms with van der Waals surface area (Å²) in [6, 6.07) is 14.4. The van der Waals surface area contributed by atoms with Gasteiger partial charge in [-0.15, -0.1) is 0 Å². The molecule has 0 bridgehead atoms. The quantitative estimate of drug-likeness (QED) is 0.662. The lowest BCUT2D eigenvalue weighted by Crippen LogP contribution is -2.36. The highest BCUT2D eigenvalue weighted by Crippen LogP contribution is 2.17. The number of rotatable bonds is 4. The van der Waals surface area contributed by atoms with Crippen molar-refractivity contribution in [1.82, 2.24) is 5.43 Å². The van der Waals surface area contributed by atoms with Crippen LogP contribution >= 0.6 is 0 Å². The highest BCUT2D eigenvalue weighted by atomic mass is 16.5. The largest absolute Gasteiger partial charge is 0.507 e.